The number of piperidine rings is 2. The zero-order valence-corrected chi connectivity index (χ0v) is 31.0. The van der Waals surface area contributed by atoms with Crippen LogP contribution < -0.4 is 9.47 Å². The highest BCUT2D eigenvalue weighted by molar-refractivity contribution is 7.10. The molecule has 0 spiro atoms. The van der Waals surface area contributed by atoms with Crippen molar-refractivity contribution in [3.8, 4) is 11.5 Å². The van der Waals surface area contributed by atoms with Gasteiger partial charge in [0.05, 0.1) is 28.7 Å². The fraction of sp³-hybridized carbons (Fsp3) is 0.538. The van der Waals surface area contributed by atoms with E-state index in [1.54, 1.807) is 47.5 Å². The molecule has 3 aliphatic rings. The van der Waals surface area contributed by atoms with Crippen LogP contribution in [0.15, 0.2) is 54.0 Å². The minimum atomic E-state index is -4.81. The molecule has 10 nitrogen and oxygen atoms in total. The predicted molar refractivity (Wildman–Crippen MR) is 191 cm³/mol. The lowest BCUT2D eigenvalue weighted by atomic mass is 9.78. The lowest BCUT2D eigenvalue weighted by Crippen LogP contribution is -2.68. The number of carboxylic acid groups (broad SMARTS) is 1. The number of rotatable bonds is 10. The van der Waals surface area contributed by atoms with Gasteiger partial charge in [-0.2, -0.15) is 13.2 Å². The maximum Gasteiger partial charge on any atom is 0.418 e. The third-order valence-corrected chi connectivity index (χ3v) is 12.0. The fourth-order valence-corrected chi connectivity index (χ4v) is 8.86. The average molecular weight is 758 g/mol. The van der Waals surface area contributed by atoms with Gasteiger partial charge in [-0.25, -0.2) is 0 Å². The van der Waals surface area contributed by atoms with E-state index < -0.39 is 52.0 Å². The van der Waals surface area contributed by atoms with Crippen molar-refractivity contribution in [2.24, 2.45) is 5.41 Å². The molecule has 0 unspecified atom stereocenters. The van der Waals surface area contributed by atoms with E-state index in [-0.39, 0.29) is 50.9 Å². The monoisotopic (exact) mass is 757 g/mol. The third-order valence-electron chi connectivity index (χ3n) is 11.1. The van der Waals surface area contributed by atoms with Gasteiger partial charge in [0, 0.05) is 54.5 Å². The molecule has 2 amide bonds. The summed E-state index contributed by atoms with van der Waals surface area (Å²) in [5.41, 5.74) is -5.14. The van der Waals surface area contributed by atoms with Crippen LogP contribution in [0.4, 0.5) is 13.2 Å². The summed E-state index contributed by atoms with van der Waals surface area (Å²) in [4.78, 5) is 48.7. The minimum absolute atomic E-state index is 0.127. The molecule has 4 heterocycles. The van der Waals surface area contributed by atoms with Crippen LogP contribution in [-0.4, -0.2) is 80.2 Å². The normalized spacial score (nSPS) is 25.9. The summed E-state index contributed by atoms with van der Waals surface area (Å²) in [6.07, 6.45) is -0.907. The van der Waals surface area contributed by atoms with Crippen LogP contribution >= 0.6 is 11.3 Å². The maximum absolute atomic E-state index is 15.0. The van der Waals surface area contributed by atoms with Crippen molar-refractivity contribution in [2.45, 2.75) is 108 Å². The summed E-state index contributed by atoms with van der Waals surface area (Å²) in [5.74, 6) is -1.25. The number of aromatic nitrogens is 1. The summed E-state index contributed by atoms with van der Waals surface area (Å²) >= 11 is 1.43. The van der Waals surface area contributed by atoms with Crippen molar-refractivity contribution in [1.29, 1.82) is 0 Å². The molecule has 286 valence electrons. The number of nitrogens with zero attached hydrogens (tertiary/aromatic N) is 3. The Kier molecular flexibility index (Phi) is 10.9. The van der Waals surface area contributed by atoms with Crippen molar-refractivity contribution < 1.29 is 47.2 Å². The Balaban J connectivity index is 1.28. The first-order chi connectivity index (χ1) is 25.1. The highest BCUT2D eigenvalue weighted by Gasteiger charge is 2.56. The van der Waals surface area contributed by atoms with Gasteiger partial charge >= 0.3 is 12.1 Å². The Hall–Kier alpha value is -4.17. The van der Waals surface area contributed by atoms with Crippen LogP contribution in [0.3, 0.4) is 0 Å². The number of amides is 2. The fourth-order valence-electron chi connectivity index (χ4n) is 8.26. The van der Waals surface area contributed by atoms with E-state index in [1.807, 2.05) is 13.8 Å². The number of alkyl halides is 3. The van der Waals surface area contributed by atoms with Crippen molar-refractivity contribution in [1.82, 2.24) is 14.8 Å². The number of thiophene rings is 1. The zero-order valence-electron chi connectivity index (χ0n) is 30.2. The van der Waals surface area contributed by atoms with Gasteiger partial charge in [-0.3, -0.25) is 19.4 Å². The Labute approximate surface area is 310 Å². The van der Waals surface area contributed by atoms with E-state index in [9.17, 15) is 37.8 Å². The lowest BCUT2D eigenvalue weighted by molar-refractivity contribution is -0.163. The van der Waals surface area contributed by atoms with Crippen LogP contribution in [0.25, 0.3) is 0 Å². The SMILES string of the molecule is CCC[C@H]1N(C(=O)c2ncccc2C(F)(F)F)CCC[C@@]1(Oc1csc(C)c1)C(=O)N1CCC(O)(c2ccccc2O[C@@H]2CC[C@](C)(C(=O)O)C2)CC1. The molecule has 0 bridgehead atoms. The van der Waals surface area contributed by atoms with E-state index >= 15 is 0 Å². The van der Waals surface area contributed by atoms with Crippen molar-refractivity contribution in [3.05, 3.63) is 75.7 Å². The molecule has 1 aliphatic carbocycles. The first-order valence-corrected chi connectivity index (χ1v) is 19.1. The van der Waals surface area contributed by atoms with Gasteiger partial charge in [0.2, 0.25) is 5.60 Å². The van der Waals surface area contributed by atoms with Crippen molar-refractivity contribution in [3.63, 3.8) is 0 Å². The molecular formula is C39H46F3N3O7S. The van der Waals surface area contributed by atoms with Crippen LogP contribution in [0.5, 0.6) is 11.5 Å². The second-order valence-electron chi connectivity index (χ2n) is 14.9. The van der Waals surface area contributed by atoms with E-state index in [1.165, 1.54) is 16.2 Å². The second-order valence-corrected chi connectivity index (χ2v) is 16.0. The second kappa shape index (κ2) is 14.9. The average Bonchev–Trinajstić information content (AvgIpc) is 3.73. The molecule has 2 N–H and O–H groups in total. The Morgan fingerprint density at radius 3 is 2.43 bits per heavy atom. The molecule has 14 heteroatoms. The Morgan fingerprint density at radius 1 is 1.06 bits per heavy atom. The standard InChI is InChI=1S/C39H46F3N3O7S/c1-4-9-31-38(52-27-22-25(2)53-24-27,14-8-19-45(31)33(46)32-29(39(40,41)42)11-7-18-43-32)34(47)44-20-16-37(50,17-21-44)28-10-5-6-12-30(28)51-26-13-15-36(3,23-26)35(48)49/h5-7,10-12,18,22,24,26,31,50H,4,8-9,13-17,19-21,23H2,1-3H3,(H,48,49)/t26-,31-,36+,38+/m1/s1. The molecule has 0 radical (unpaired) electrons. The molecule has 53 heavy (non-hydrogen) atoms. The number of halogens is 3. The molecule has 2 saturated heterocycles. The van der Waals surface area contributed by atoms with Crippen LogP contribution in [0.1, 0.15) is 98.1 Å². The number of carbonyl (C=O) groups is 3. The number of hydrogen-bond acceptors (Lipinski definition) is 8. The first-order valence-electron chi connectivity index (χ1n) is 18.2. The van der Waals surface area contributed by atoms with Crippen LogP contribution in [-0.2, 0) is 21.4 Å². The maximum atomic E-state index is 15.0. The lowest BCUT2D eigenvalue weighted by Gasteiger charge is -2.51. The quantitative estimate of drug-likeness (QED) is 0.222. The molecule has 3 aromatic rings. The number of para-hydroxylation sites is 1. The van der Waals surface area contributed by atoms with Gasteiger partial charge in [-0.05, 0) is 76.6 Å². The molecule has 1 aromatic carbocycles. The number of carbonyl (C=O) groups excluding carboxylic acids is 2. The van der Waals surface area contributed by atoms with Crippen molar-refractivity contribution >= 4 is 29.1 Å². The Bertz CT molecular complexity index is 1830. The van der Waals surface area contributed by atoms with Gasteiger partial charge < -0.3 is 29.5 Å². The number of hydrogen-bond donors (Lipinski definition) is 2. The van der Waals surface area contributed by atoms with Gasteiger partial charge in [-0.15, -0.1) is 11.3 Å². The number of carboxylic acids is 1. The van der Waals surface area contributed by atoms with Gasteiger partial charge in [0.25, 0.3) is 11.8 Å². The number of likely N-dealkylation sites (tertiary alicyclic amines) is 2. The molecule has 2 aromatic heterocycles. The van der Waals surface area contributed by atoms with E-state index in [4.69, 9.17) is 9.47 Å². The molecule has 2 aliphatic heterocycles. The third kappa shape index (κ3) is 7.62. The van der Waals surface area contributed by atoms with Gasteiger partial charge in [0.1, 0.15) is 17.2 Å². The van der Waals surface area contributed by atoms with Crippen LogP contribution in [0.2, 0.25) is 0 Å². The molecular weight excluding hydrogens is 712 g/mol. The van der Waals surface area contributed by atoms with E-state index in [2.05, 4.69) is 4.98 Å². The zero-order chi connectivity index (χ0) is 38.2. The summed E-state index contributed by atoms with van der Waals surface area (Å²) < 4.78 is 55.2. The molecule has 4 atom stereocenters. The summed E-state index contributed by atoms with van der Waals surface area (Å²) in [6.45, 7) is 5.91. The number of aliphatic carboxylic acids is 1. The summed E-state index contributed by atoms with van der Waals surface area (Å²) in [7, 11) is 0. The topological polar surface area (TPSA) is 130 Å². The minimum Gasteiger partial charge on any atom is -0.490 e. The smallest absolute Gasteiger partial charge is 0.418 e. The number of aryl methyl sites for hydroxylation is 1. The number of pyridine rings is 1. The highest BCUT2D eigenvalue weighted by Crippen LogP contribution is 2.45. The van der Waals surface area contributed by atoms with Crippen molar-refractivity contribution in [2.75, 3.05) is 19.6 Å². The number of aliphatic hydroxyl groups is 1. The van der Waals surface area contributed by atoms with E-state index in [0.717, 1.165) is 23.2 Å². The van der Waals surface area contributed by atoms with Gasteiger partial charge in [0.15, 0.2) is 0 Å². The number of benzene rings is 1. The largest absolute Gasteiger partial charge is 0.490 e. The van der Waals surface area contributed by atoms with Crippen LogP contribution in [0, 0.1) is 12.3 Å². The molecule has 6 rings (SSSR count). The summed E-state index contributed by atoms with van der Waals surface area (Å²) in [5, 5.41) is 23.6. The molecule has 1 saturated carbocycles. The van der Waals surface area contributed by atoms with Gasteiger partial charge in [-0.1, -0.05) is 31.5 Å². The first kappa shape index (κ1) is 38.6. The molecule has 3 fully saturated rings. The highest BCUT2D eigenvalue weighted by atomic mass is 32.1. The number of ether oxygens (including phenoxy) is 2. The summed E-state index contributed by atoms with van der Waals surface area (Å²) in [6, 6.07) is 10.0. The predicted octanol–water partition coefficient (Wildman–Crippen LogP) is 7.23. The Morgan fingerprint density at radius 2 is 1.79 bits per heavy atom. The van der Waals surface area contributed by atoms with E-state index in [0.29, 0.717) is 55.6 Å².